The van der Waals surface area contributed by atoms with E-state index in [4.69, 9.17) is 0 Å². The summed E-state index contributed by atoms with van der Waals surface area (Å²) < 4.78 is 13.5. The van der Waals surface area contributed by atoms with Crippen LogP contribution >= 0.6 is 11.3 Å². The number of carbonyl (C=O) groups excluding carboxylic acids is 1. The summed E-state index contributed by atoms with van der Waals surface area (Å²) in [6, 6.07) is 13.4. The zero-order chi connectivity index (χ0) is 16.1. The lowest BCUT2D eigenvalue weighted by molar-refractivity contribution is 0.103. The van der Waals surface area contributed by atoms with Crippen molar-refractivity contribution in [2.24, 2.45) is 0 Å². The van der Waals surface area contributed by atoms with E-state index < -0.39 is 0 Å². The molecule has 0 bridgehead atoms. The van der Waals surface area contributed by atoms with Gasteiger partial charge in [0.15, 0.2) is 5.82 Å². The molecule has 2 N–H and O–H groups in total. The Morgan fingerprint density at radius 3 is 2.52 bits per heavy atom. The summed E-state index contributed by atoms with van der Waals surface area (Å²) in [4.78, 5) is 12.5. The van der Waals surface area contributed by atoms with Gasteiger partial charge in [0.1, 0.15) is 11.6 Å². The van der Waals surface area contributed by atoms with Crippen molar-refractivity contribution in [1.29, 1.82) is 0 Å². The second-order valence-corrected chi connectivity index (χ2v) is 5.63. The minimum Gasteiger partial charge on any atom is -0.364 e. The lowest BCUT2D eigenvalue weighted by atomic mass is 10.2. The molecule has 0 aliphatic rings. The fourth-order valence-electron chi connectivity index (χ4n) is 1.91. The quantitative estimate of drug-likeness (QED) is 0.752. The Balaban J connectivity index is 1.59. The molecule has 23 heavy (non-hydrogen) atoms. The third kappa shape index (κ3) is 3.89. The van der Waals surface area contributed by atoms with Gasteiger partial charge in [0, 0.05) is 12.1 Å². The molecule has 0 spiro atoms. The number of benzene rings is 1. The third-order valence-electron chi connectivity index (χ3n) is 3.07. The lowest BCUT2D eigenvalue weighted by Crippen LogP contribution is -2.12. The molecule has 3 aromatic rings. The maximum Gasteiger partial charge on any atom is 0.266 e. The van der Waals surface area contributed by atoms with Gasteiger partial charge >= 0.3 is 0 Å². The molecule has 0 unspecified atom stereocenters. The lowest BCUT2D eigenvalue weighted by Gasteiger charge is -2.07. The van der Waals surface area contributed by atoms with Crippen molar-refractivity contribution >= 4 is 28.9 Å². The smallest absolute Gasteiger partial charge is 0.266 e. The zero-order valence-electron chi connectivity index (χ0n) is 12.0. The summed E-state index contributed by atoms with van der Waals surface area (Å²) in [6.45, 7) is 0.308. The number of anilines is 2. The molecule has 0 aliphatic heterocycles. The van der Waals surface area contributed by atoms with Gasteiger partial charge in [-0.2, -0.15) is 0 Å². The SMILES string of the molecule is O=C(Nc1ccc(NCc2ccccc2F)nn1)c1cccs1. The molecule has 1 aromatic carbocycles. The molecule has 0 aliphatic carbocycles. The van der Waals surface area contributed by atoms with Crippen LogP contribution in [0.5, 0.6) is 0 Å². The van der Waals surface area contributed by atoms with Crippen molar-refractivity contribution in [2.45, 2.75) is 6.54 Å². The highest BCUT2D eigenvalue weighted by atomic mass is 32.1. The molecule has 5 nitrogen and oxygen atoms in total. The first-order valence-corrected chi connectivity index (χ1v) is 7.76. The number of hydrogen-bond donors (Lipinski definition) is 2. The molecule has 7 heteroatoms. The van der Waals surface area contributed by atoms with Crippen molar-refractivity contribution in [3.63, 3.8) is 0 Å². The van der Waals surface area contributed by atoms with E-state index in [0.717, 1.165) is 0 Å². The highest BCUT2D eigenvalue weighted by Gasteiger charge is 2.08. The summed E-state index contributed by atoms with van der Waals surface area (Å²) >= 11 is 1.35. The Hall–Kier alpha value is -2.80. The van der Waals surface area contributed by atoms with Gasteiger partial charge in [0.2, 0.25) is 0 Å². The Kier molecular flexibility index (Phi) is 4.58. The fourth-order valence-corrected chi connectivity index (χ4v) is 2.53. The van der Waals surface area contributed by atoms with E-state index in [1.54, 1.807) is 42.5 Å². The van der Waals surface area contributed by atoms with E-state index >= 15 is 0 Å². The van der Waals surface area contributed by atoms with E-state index in [1.165, 1.54) is 17.4 Å². The Bertz CT molecular complexity index is 790. The number of aromatic nitrogens is 2. The normalized spacial score (nSPS) is 10.3. The fraction of sp³-hybridized carbons (Fsp3) is 0.0625. The van der Waals surface area contributed by atoms with Gasteiger partial charge in [-0.25, -0.2) is 4.39 Å². The van der Waals surface area contributed by atoms with Crippen LogP contribution in [0.25, 0.3) is 0 Å². The Labute approximate surface area is 136 Å². The van der Waals surface area contributed by atoms with Gasteiger partial charge in [0.05, 0.1) is 4.88 Å². The number of rotatable bonds is 5. The van der Waals surface area contributed by atoms with Crippen molar-refractivity contribution in [3.8, 4) is 0 Å². The van der Waals surface area contributed by atoms with E-state index in [0.29, 0.717) is 28.6 Å². The molecule has 0 fully saturated rings. The van der Waals surface area contributed by atoms with Gasteiger partial charge in [-0.15, -0.1) is 21.5 Å². The second-order valence-electron chi connectivity index (χ2n) is 4.68. The standard InChI is InChI=1S/C16H13FN4OS/c17-12-5-2-1-4-11(12)10-18-14-7-8-15(21-20-14)19-16(22)13-6-3-9-23-13/h1-9H,10H2,(H,18,20)(H,19,21,22). The van der Waals surface area contributed by atoms with Crippen LogP contribution in [-0.4, -0.2) is 16.1 Å². The summed E-state index contributed by atoms with van der Waals surface area (Å²) in [6.07, 6.45) is 0. The molecule has 2 heterocycles. The van der Waals surface area contributed by atoms with Crippen LogP contribution in [0.1, 0.15) is 15.2 Å². The molecule has 3 rings (SSSR count). The van der Waals surface area contributed by atoms with Crippen LogP contribution in [0.3, 0.4) is 0 Å². The molecule has 1 amide bonds. The molecule has 2 aromatic heterocycles. The Morgan fingerprint density at radius 1 is 1.04 bits per heavy atom. The van der Waals surface area contributed by atoms with Crippen LogP contribution < -0.4 is 10.6 Å². The maximum absolute atomic E-state index is 13.5. The van der Waals surface area contributed by atoms with Gasteiger partial charge in [-0.3, -0.25) is 4.79 Å². The summed E-state index contributed by atoms with van der Waals surface area (Å²) in [7, 11) is 0. The van der Waals surface area contributed by atoms with Crippen LogP contribution in [0.2, 0.25) is 0 Å². The average molecular weight is 328 g/mol. The minimum absolute atomic E-state index is 0.221. The van der Waals surface area contributed by atoms with Crippen molar-refractivity contribution in [3.05, 3.63) is 70.2 Å². The van der Waals surface area contributed by atoms with Crippen molar-refractivity contribution in [2.75, 3.05) is 10.6 Å². The predicted molar refractivity (Wildman–Crippen MR) is 88.0 cm³/mol. The first-order chi connectivity index (χ1) is 11.2. The second kappa shape index (κ2) is 6.97. The number of amides is 1. The number of halogens is 1. The third-order valence-corrected chi connectivity index (χ3v) is 3.94. The number of carbonyl (C=O) groups is 1. The van der Waals surface area contributed by atoms with Crippen LogP contribution in [-0.2, 0) is 6.54 Å². The van der Waals surface area contributed by atoms with Gasteiger partial charge in [-0.1, -0.05) is 24.3 Å². The van der Waals surface area contributed by atoms with Gasteiger partial charge in [-0.05, 0) is 29.6 Å². The molecule has 0 atom stereocenters. The van der Waals surface area contributed by atoms with E-state index in [2.05, 4.69) is 20.8 Å². The van der Waals surface area contributed by atoms with Crippen molar-refractivity contribution < 1.29 is 9.18 Å². The number of nitrogens with one attached hydrogen (secondary N) is 2. The number of hydrogen-bond acceptors (Lipinski definition) is 5. The summed E-state index contributed by atoms with van der Waals surface area (Å²) in [5.41, 5.74) is 0.546. The molecule has 0 saturated heterocycles. The number of thiophene rings is 1. The molecular weight excluding hydrogens is 315 g/mol. The van der Waals surface area contributed by atoms with E-state index in [9.17, 15) is 9.18 Å². The molecule has 116 valence electrons. The van der Waals surface area contributed by atoms with Crippen LogP contribution in [0.15, 0.2) is 53.9 Å². The van der Waals surface area contributed by atoms with E-state index in [1.807, 2.05) is 5.38 Å². The van der Waals surface area contributed by atoms with Crippen LogP contribution in [0.4, 0.5) is 16.0 Å². The number of nitrogens with zero attached hydrogens (tertiary/aromatic N) is 2. The highest BCUT2D eigenvalue weighted by Crippen LogP contribution is 2.13. The maximum atomic E-state index is 13.5. The summed E-state index contributed by atoms with van der Waals surface area (Å²) in [5, 5.41) is 15.4. The highest BCUT2D eigenvalue weighted by molar-refractivity contribution is 7.12. The topological polar surface area (TPSA) is 66.9 Å². The molecular formula is C16H13FN4OS. The molecule has 0 saturated carbocycles. The first-order valence-electron chi connectivity index (χ1n) is 6.88. The monoisotopic (exact) mass is 328 g/mol. The van der Waals surface area contributed by atoms with Gasteiger partial charge < -0.3 is 10.6 Å². The van der Waals surface area contributed by atoms with E-state index in [-0.39, 0.29) is 11.7 Å². The average Bonchev–Trinajstić information content (AvgIpc) is 3.10. The molecule has 0 radical (unpaired) electrons. The summed E-state index contributed by atoms with van der Waals surface area (Å²) in [5.74, 6) is 0.372. The largest absolute Gasteiger partial charge is 0.364 e. The van der Waals surface area contributed by atoms with Crippen LogP contribution in [0, 0.1) is 5.82 Å². The zero-order valence-corrected chi connectivity index (χ0v) is 12.8. The van der Waals surface area contributed by atoms with Gasteiger partial charge in [0.25, 0.3) is 5.91 Å². The minimum atomic E-state index is -0.271. The first kappa shape index (κ1) is 15.1. The Morgan fingerprint density at radius 2 is 1.83 bits per heavy atom. The van der Waals surface area contributed by atoms with Crippen molar-refractivity contribution in [1.82, 2.24) is 10.2 Å². The predicted octanol–water partition coefficient (Wildman–Crippen LogP) is 3.54.